The molecule has 0 N–H and O–H groups in total. The van der Waals surface area contributed by atoms with E-state index >= 15 is 0 Å². The van der Waals surface area contributed by atoms with E-state index in [1.807, 2.05) is 19.1 Å². The number of hydrogen-bond acceptors (Lipinski definition) is 2. The summed E-state index contributed by atoms with van der Waals surface area (Å²) in [5.74, 6) is 2.55. The molecule has 1 heterocycles. The van der Waals surface area contributed by atoms with Gasteiger partial charge in [0.15, 0.2) is 0 Å². The fourth-order valence-corrected chi connectivity index (χ4v) is 2.90. The molecule has 102 valence electrons. The third kappa shape index (κ3) is 2.20. The topological polar surface area (TPSA) is 27.1 Å². The summed E-state index contributed by atoms with van der Waals surface area (Å²) < 4.78 is 7.68. The maximum Gasteiger partial charge on any atom is 0.146 e. The molecule has 1 aromatic carbocycles. The fraction of sp³-hybridized carbons (Fsp3) is 0.533. The van der Waals surface area contributed by atoms with Crippen molar-refractivity contribution in [1.29, 1.82) is 0 Å². The number of benzene rings is 1. The highest BCUT2D eigenvalue weighted by Crippen LogP contribution is 2.34. The molecule has 0 radical (unpaired) electrons. The van der Waals surface area contributed by atoms with E-state index in [9.17, 15) is 0 Å². The Morgan fingerprint density at radius 3 is 2.84 bits per heavy atom. The van der Waals surface area contributed by atoms with Gasteiger partial charge in [0.25, 0.3) is 0 Å². The predicted molar refractivity (Wildman–Crippen MR) is 77.9 cm³/mol. The van der Waals surface area contributed by atoms with E-state index in [0.29, 0.717) is 0 Å². The zero-order chi connectivity index (χ0) is 13.4. The van der Waals surface area contributed by atoms with Crippen LogP contribution in [-0.4, -0.2) is 16.7 Å². The minimum atomic E-state index is -0.0859. The Labute approximate surface area is 118 Å². The number of hydrogen-bond donors (Lipinski definition) is 0. The summed E-state index contributed by atoms with van der Waals surface area (Å²) in [6.45, 7) is 3.00. The molecule has 0 aliphatic heterocycles. The lowest BCUT2D eigenvalue weighted by atomic mass is 9.85. The van der Waals surface area contributed by atoms with Crippen LogP contribution in [-0.2, 0) is 6.54 Å². The van der Waals surface area contributed by atoms with Crippen LogP contribution in [0.2, 0.25) is 0 Å². The number of halogens is 1. The summed E-state index contributed by atoms with van der Waals surface area (Å²) in [7, 11) is 1.68. The molecule has 1 atom stereocenters. The number of ether oxygens (including phenoxy) is 1. The third-order valence-corrected chi connectivity index (χ3v) is 4.21. The highest BCUT2D eigenvalue weighted by molar-refractivity contribution is 6.20. The number of imidazole rings is 1. The van der Waals surface area contributed by atoms with Gasteiger partial charge in [-0.2, -0.15) is 0 Å². The van der Waals surface area contributed by atoms with Crippen LogP contribution in [0.25, 0.3) is 11.0 Å². The number of alkyl halides is 1. The van der Waals surface area contributed by atoms with Gasteiger partial charge in [0.2, 0.25) is 0 Å². The molecule has 0 saturated heterocycles. The van der Waals surface area contributed by atoms with E-state index in [1.165, 1.54) is 19.3 Å². The molecule has 3 rings (SSSR count). The largest absolute Gasteiger partial charge is 0.494 e. The van der Waals surface area contributed by atoms with Crippen LogP contribution in [0.15, 0.2) is 18.2 Å². The first-order valence-corrected chi connectivity index (χ1v) is 7.31. The van der Waals surface area contributed by atoms with Crippen molar-refractivity contribution >= 4 is 22.6 Å². The minimum Gasteiger partial charge on any atom is -0.494 e. The van der Waals surface area contributed by atoms with E-state index in [4.69, 9.17) is 21.3 Å². The summed E-state index contributed by atoms with van der Waals surface area (Å²) >= 11 is 6.30. The van der Waals surface area contributed by atoms with Crippen LogP contribution in [0.1, 0.15) is 37.4 Å². The molecule has 1 aliphatic rings. The van der Waals surface area contributed by atoms with Crippen LogP contribution in [0.5, 0.6) is 5.75 Å². The van der Waals surface area contributed by atoms with E-state index in [1.54, 1.807) is 7.11 Å². The Hall–Kier alpha value is -1.22. The first-order valence-electron chi connectivity index (χ1n) is 6.88. The molecule has 1 unspecified atom stereocenters. The van der Waals surface area contributed by atoms with Gasteiger partial charge in [-0.25, -0.2) is 4.98 Å². The standard InChI is InChI=1S/C15H19ClN2O/c1-10(16)15-17-14-12(7-4-8-13(14)19-2)18(15)9-11-5-3-6-11/h4,7-8,10-11H,3,5-6,9H2,1-2H3. The number of nitrogens with zero attached hydrogens (tertiary/aromatic N) is 2. The zero-order valence-electron chi connectivity index (χ0n) is 11.4. The number of aromatic nitrogens is 2. The van der Waals surface area contributed by atoms with E-state index in [-0.39, 0.29) is 5.38 Å². The lowest BCUT2D eigenvalue weighted by Gasteiger charge is -2.27. The van der Waals surface area contributed by atoms with E-state index in [2.05, 4.69) is 10.6 Å². The Bertz CT molecular complexity index is 587. The third-order valence-electron chi connectivity index (χ3n) is 4.01. The second kappa shape index (κ2) is 5.04. The lowest BCUT2D eigenvalue weighted by Crippen LogP contribution is -2.19. The molecule has 1 aliphatic carbocycles. The molecule has 3 nitrogen and oxygen atoms in total. The Kier molecular flexibility index (Phi) is 3.40. The van der Waals surface area contributed by atoms with Gasteiger partial charge < -0.3 is 9.30 Å². The van der Waals surface area contributed by atoms with Crippen molar-refractivity contribution < 1.29 is 4.74 Å². The van der Waals surface area contributed by atoms with Gasteiger partial charge in [-0.05, 0) is 37.8 Å². The molecular weight excluding hydrogens is 260 g/mol. The Balaban J connectivity index is 2.12. The summed E-state index contributed by atoms with van der Waals surface area (Å²) in [6, 6.07) is 6.07. The zero-order valence-corrected chi connectivity index (χ0v) is 12.2. The molecule has 0 bridgehead atoms. The normalized spacial score (nSPS) is 17.4. The molecule has 19 heavy (non-hydrogen) atoms. The quantitative estimate of drug-likeness (QED) is 0.786. The molecule has 0 spiro atoms. The van der Waals surface area contributed by atoms with Crippen LogP contribution in [0, 0.1) is 5.92 Å². The van der Waals surface area contributed by atoms with Crippen molar-refractivity contribution in [3.63, 3.8) is 0 Å². The summed E-state index contributed by atoms with van der Waals surface area (Å²) in [6.07, 6.45) is 3.99. The maximum absolute atomic E-state index is 6.30. The van der Waals surface area contributed by atoms with Gasteiger partial charge in [-0.3, -0.25) is 0 Å². The molecular formula is C15H19ClN2O. The molecule has 4 heteroatoms. The molecule has 2 aromatic rings. The maximum atomic E-state index is 6.30. The average Bonchev–Trinajstić information content (AvgIpc) is 2.72. The predicted octanol–water partition coefficient (Wildman–Crippen LogP) is 4.14. The van der Waals surface area contributed by atoms with Gasteiger partial charge in [-0.15, -0.1) is 11.6 Å². The first kappa shape index (κ1) is 12.8. The number of methoxy groups -OCH3 is 1. The smallest absolute Gasteiger partial charge is 0.146 e. The fourth-order valence-electron chi connectivity index (χ4n) is 2.73. The Morgan fingerprint density at radius 1 is 1.47 bits per heavy atom. The van der Waals surface area contributed by atoms with Crippen LogP contribution < -0.4 is 4.74 Å². The van der Waals surface area contributed by atoms with Crippen molar-refractivity contribution in [2.24, 2.45) is 5.92 Å². The number of fused-ring (bicyclic) bond motifs is 1. The monoisotopic (exact) mass is 278 g/mol. The van der Waals surface area contributed by atoms with Crippen molar-refractivity contribution in [2.75, 3.05) is 7.11 Å². The molecule has 0 amide bonds. The van der Waals surface area contributed by atoms with Gasteiger partial charge in [-0.1, -0.05) is 12.5 Å². The number of para-hydroxylation sites is 1. The van der Waals surface area contributed by atoms with Crippen molar-refractivity contribution in [1.82, 2.24) is 9.55 Å². The van der Waals surface area contributed by atoms with Crippen molar-refractivity contribution in [2.45, 2.75) is 38.1 Å². The van der Waals surface area contributed by atoms with Crippen LogP contribution >= 0.6 is 11.6 Å². The first-order chi connectivity index (χ1) is 9.20. The summed E-state index contributed by atoms with van der Waals surface area (Å²) in [5, 5.41) is -0.0859. The summed E-state index contributed by atoms with van der Waals surface area (Å²) in [4.78, 5) is 4.70. The van der Waals surface area contributed by atoms with Crippen molar-refractivity contribution in [3.8, 4) is 5.75 Å². The summed E-state index contributed by atoms with van der Waals surface area (Å²) in [5.41, 5.74) is 2.06. The van der Waals surface area contributed by atoms with E-state index < -0.39 is 0 Å². The Morgan fingerprint density at radius 2 is 2.26 bits per heavy atom. The molecule has 1 aromatic heterocycles. The molecule has 1 fully saturated rings. The highest BCUT2D eigenvalue weighted by Gasteiger charge is 2.23. The van der Waals surface area contributed by atoms with Gasteiger partial charge in [0, 0.05) is 6.54 Å². The van der Waals surface area contributed by atoms with Gasteiger partial charge >= 0.3 is 0 Å². The second-order valence-corrected chi connectivity index (χ2v) is 5.98. The lowest BCUT2D eigenvalue weighted by molar-refractivity contribution is 0.276. The second-order valence-electron chi connectivity index (χ2n) is 5.32. The van der Waals surface area contributed by atoms with Gasteiger partial charge in [0.1, 0.15) is 17.1 Å². The van der Waals surface area contributed by atoms with Crippen LogP contribution in [0.4, 0.5) is 0 Å². The molecule has 1 saturated carbocycles. The SMILES string of the molecule is COc1cccc2c1nc(C(C)Cl)n2CC1CCC1. The number of rotatable bonds is 4. The van der Waals surface area contributed by atoms with Crippen molar-refractivity contribution in [3.05, 3.63) is 24.0 Å². The van der Waals surface area contributed by atoms with E-state index in [0.717, 1.165) is 35.1 Å². The highest BCUT2D eigenvalue weighted by atomic mass is 35.5. The van der Waals surface area contributed by atoms with Gasteiger partial charge in [0.05, 0.1) is 18.0 Å². The minimum absolute atomic E-state index is 0.0859. The van der Waals surface area contributed by atoms with Crippen LogP contribution in [0.3, 0.4) is 0 Å². The average molecular weight is 279 g/mol.